The van der Waals surface area contributed by atoms with Gasteiger partial charge in [0.1, 0.15) is 4.90 Å². The molecule has 1 aliphatic heterocycles. The van der Waals surface area contributed by atoms with Gasteiger partial charge in [-0.1, -0.05) is 23.7 Å². The van der Waals surface area contributed by atoms with Crippen LogP contribution in [-0.4, -0.2) is 26.1 Å². The summed E-state index contributed by atoms with van der Waals surface area (Å²) in [7, 11) is -3.94. The Morgan fingerprint density at radius 3 is 2.68 bits per heavy atom. The number of aromatic nitrogens is 1. The first kappa shape index (κ1) is 21.1. The summed E-state index contributed by atoms with van der Waals surface area (Å²) in [5.41, 5.74) is 1.68. The monoisotopic (exact) mass is 459 g/mol. The fourth-order valence-corrected chi connectivity index (χ4v) is 4.49. The molecule has 0 saturated carbocycles. The van der Waals surface area contributed by atoms with E-state index in [1.54, 1.807) is 36.7 Å². The highest BCUT2D eigenvalue weighted by atomic mass is 35.5. The van der Waals surface area contributed by atoms with Gasteiger partial charge in [0.25, 0.3) is 5.91 Å². The molecule has 2 aromatic carbocycles. The lowest BCUT2D eigenvalue weighted by Crippen LogP contribution is -2.25. The first-order valence-corrected chi connectivity index (χ1v) is 11.1. The molecule has 0 aliphatic carbocycles. The molecule has 160 valence electrons. The lowest BCUT2D eigenvalue weighted by Gasteiger charge is -2.11. The number of halogens is 1. The Morgan fingerprint density at radius 2 is 1.87 bits per heavy atom. The number of fused-ring (bicyclic) bond motifs is 1. The predicted molar refractivity (Wildman–Crippen MR) is 113 cm³/mol. The zero-order valence-electron chi connectivity index (χ0n) is 16.2. The van der Waals surface area contributed by atoms with Crippen LogP contribution >= 0.6 is 11.6 Å². The number of nitrogens with one attached hydrogen (secondary N) is 2. The van der Waals surface area contributed by atoms with Crippen molar-refractivity contribution in [2.45, 2.75) is 18.0 Å². The summed E-state index contributed by atoms with van der Waals surface area (Å²) in [5, 5.41) is 2.78. The Morgan fingerprint density at radius 1 is 1.03 bits per heavy atom. The molecule has 0 radical (unpaired) electrons. The fourth-order valence-electron chi connectivity index (χ4n) is 2.94. The zero-order valence-corrected chi connectivity index (χ0v) is 17.7. The Bertz CT molecular complexity index is 1220. The van der Waals surface area contributed by atoms with Crippen LogP contribution in [0.2, 0.25) is 5.02 Å². The average Bonchev–Trinajstić information content (AvgIpc) is 3.25. The highest BCUT2D eigenvalue weighted by Crippen LogP contribution is 2.32. The summed E-state index contributed by atoms with van der Waals surface area (Å²) in [6, 6.07) is 12.9. The number of amides is 1. The molecule has 1 aliphatic rings. The molecule has 0 unspecified atom stereocenters. The molecule has 4 rings (SSSR count). The van der Waals surface area contributed by atoms with Gasteiger partial charge in [0.15, 0.2) is 11.5 Å². The second kappa shape index (κ2) is 8.93. The molecule has 0 fully saturated rings. The van der Waals surface area contributed by atoms with Crippen LogP contribution in [0.1, 0.15) is 21.5 Å². The SMILES string of the molecule is O=C(NCc1ccc2c(c1)OCO2)c1ccc(Cl)c(S(=O)(=O)NCc2cccnc2)c1. The smallest absolute Gasteiger partial charge is 0.251 e. The van der Waals surface area contributed by atoms with Crippen molar-refractivity contribution in [3.8, 4) is 11.5 Å². The van der Waals surface area contributed by atoms with Crippen LogP contribution in [0.4, 0.5) is 0 Å². The first-order chi connectivity index (χ1) is 14.9. The number of rotatable bonds is 7. The van der Waals surface area contributed by atoms with Gasteiger partial charge in [-0.05, 0) is 47.5 Å². The van der Waals surface area contributed by atoms with Gasteiger partial charge in [-0.15, -0.1) is 0 Å². The van der Waals surface area contributed by atoms with Gasteiger partial charge in [-0.2, -0.15) is 0 Å². The third kappa shape index (κ3) is 4.96. The van der Waals surface area contributed by atoms with Crippen molar-refractivity contribution >= 4 is 27.5 Å². The zero-order chi connectivity index (χ0) is 21.8. The Kier molecular flexibility index (Phi) is 6.08. The van der Waals surface area contributed by atoms with Crippen LogP contribution in [0.5, 0.6) is 11.5 Å². The quantitative estimate of drug-likeness (QED) is 0.562. The number of pyridine rings is 1. The molecular formula is C21H18ClN3O5S. The Labute approximate surface area is 184 Å². The number of hydrogen-bond acceptors (Lipinski definition) is 6. The van der Waals surface area contributed by atoms with Gasteiger partial charge in [0.05, 0.1) is 5.02 Å². The number of carbonyl (C=O) groups excluding carboxylic acids is 1. The molecule has 3 aromatic rings. The van der Waals surface area contributed by atoms with E-state index in [0.29, 0.717) is 17.1 Å². The summed E-state index contributed by atoms with van der Waals surface area (Å²) < 4.78 is 38.5. The maximum atomic E-state index is 12.7. The summed E-state index contributed by atoms with van der Waals surface area (Å²) in [6.45, 7) is 0.453. The molecule has 1 aromatic heterocycles. The van der Waals surface area contributed by atoms with Crippen molar-refractivity contribution in [3.63, 3.8) is 0 Å². The van der Waals surface area contributed by atoms with Crippen molar-refractivity contribution in [2.75, 3.05) is 6.79 Å². The van der Waals surface area contributed by atoms with E-state index < -0.39 is 15.9 Å². The largest absolute Gasteiger partial charge is 0.454 e. The highest BCUT2D eigenvalue weighted by Gasteiger charge is 2.20. The van der Waals surface area contributed by atoms with Crippen LogP contribution < -0.4 is 19.5 Å². The lowest BCUT2D eigenvalue weighted by atomic mass is 10.1. The average molecular weight is 460 g/mol. The molecule has 1 amide bonds. The summed E-state index contributed by atoms with van der Waals surface area (Å²) >= 11 is 6.11. The second-order valence-electron chi connectivity index (χ2n) is 6.70. The molecule has 2 N–H and O–H groups in total. The van der Waals surface area contributed by atoms with E-state index in [2.05, 4.69) is 15.0 Å². The summed E-state index contributed by atoms with van der Waals surface area (Å²) in [4.78, 5) is 16.4. The van der Waals surface area contributed by atoms with Gasteiger partial charge >= 0.3 is 0 Å². The minimum Gasteiger partial charge on any atom is -0.454 e. The standard InChI is InChI=1S/C21H18ClN3O5S/c22-17-5-4-16(9-20(17)31(27,28)25-12-15-2-1-7-23-10-15)21(26)24-11-14-3-6-18-19(8-14)30-13-29-18/h1-10,25H,11-13H2,(H,24,26). The minimum atomic E-state index is -3.94. The maximum absolute atomic E-state index is 12.7. The van der Waals surface area contributed by atoms with E-state index in [-0.39, 0.29) is 35.4 Å². The van der Waals surface area contributed by atoms with E-state index >= 15 is 0 Å². The predicted octanol–water partition coefficient (Wildman–Crippen LogP) is 2.87. The van der Waals surface area contributed by atoms with Gasteiger partial charge < -0.3 is 14.8 Å². The fraction of sp³-hybridized carbons (Fsp3) is 0.143. The molecule has 31 heavy (non-hydrogen) atoms. The number of sulfonamides is 1. The number of nitrogens with zero attached hydrogens (tertiary/aromatic N) is 1. The third-order valence-electron chi connectivity index (χ3n) is 4.56. The van der Waals surface area contributed by atoms with E-state index in [4.69, 9.17) is 21.1 Å². The van der Waals surface area contributed by atoms with E-state index in [0.717, 1.165) is 5.56 Å². The Balaban J connectivity index is 1.45. The maximum Gasteiger partial charge on any atom is 0.251 e. The number of hydrogen-bond donors (Lipinski definition) is 2. The van der Waals surface area contributed by atoms with Gasteiger partial charge in [0, 0.05) is 31.0 Å². The third-order valence-corrected chi connectivity index (χ3v) is 6.44. The Hall–Kier alpha value is -3.14. The van der Waals surface area contributed by atoms with Crippen molar-refractivity contribution < 1.29 is 22.7 Å². The van der Waals surface area contributed by atoms with Crippen LogP contribution in [0.3, 0.4) is 0 Å². The summed E-state index contributed by atoms with van der Waals surface area (Å²) in [6.07, 6.45) is 3.16. The van der Waals surface area contributed by atoms with Crippen LogP contribution in [0, 0.1) is 0 Å². The van der Waals surface area contributed by atoms with E-state index in [9.17, 15) is 13.2 Å². The molecular weight excluding hydrogens is 442 g/mol. The van der Waals surface area contributed by atoms with E-state index in [1.165, 1.54) is 18.2 Å². The van der Waals surface area contributed by atoms with E-state index in [1.807, 2.05) is 6.07 Å². The van der Waals surface area contributed by atoms with Crippen LogP contribution in [0.25, 0.3) is 0 Å². The van der Waals surface area contributed by atoms with Crippen molar-refractivity contribution in [1.82, 2.24) is 15.0 Å². The lowest BCUT2D eigenvalue weighted by molar-refractivity contribution is 0.0950. The molecule has 10 heteroatoms. The highest BCUT2D eigenvalue weighted by molar-refractivity contribution is 7.89. The van der Waals surface area contributed by atoms with Gasteiger partial charge in [-0.25, -0.2) is 13.1 Å². The number of benzene rings is 2. The first-order valence-electron chi connectivity index (χ1n) is 9.27. The van der Waals surface area contributed by atoms with Crippen molar-refractivity contribution in [3.05, 3.63) is 82.6 Å². The molecule has 8 nitrogen and oxygen atoms in total. The topological polar surface area (TPSA) is 107 Å². The van der Waals surface area contributed by atoms with Crippen molar-refractivity contribution in [2.24, 2.45) is 0 Å². The summed E-state index contributed by atoms with van der Waals surface area (Å²) in [5.74, 6) is 0.839. The minimum absolute atomic E-state index is 0.0195. The second-order valence-corrected chi connectivity index (χ2v) is 8.84. The van der Waals surface area contributed by atoms with Gasteiger partial charge in [0.2, 0.25) is 16.8 Å². The molecule has 0 bridgehead atoms. The molecule has 0 atom stereocenters. The molecule has 2 heterocycles. The van der Waals surface area contributed by atoms with Gasteiger partial charge in [-0.3, -0.25) is 9.78 Å². The normalized spacial score (nSPS) is 12.5. The van der Waals surface area contributed by atoms with Crippen LogP contribution in [0.15, 0.2) is 65.8 Å². The number of carbonyl (C=O) groups is 1. The number of ether oxygens (including phenoxy) is 2. The molecule has 0 spiro atoms. The van der Waals surface area contributed by atoms with Crippen LogP contribution in [-0.2, 0) is 23.1 Å². The van der Waals surface area contributed by atoms with Crippen molar-refractivity contribution in [1.29, 1.82) is 0 Å². The molecule has 0 saturated heterocycles.